The van der Waals surface area contributed by atoms with Crippen molar-refractivity contribution in [2.24, 2.45) is 0 Å². The van der Waals surface area contributed by atoms with Crippen LogP contribution in [-0.4, -0.2) is 57.6 Å². The van der Waals surface area contributed by atoms with Crippen molar-refractivity contribution in [2.75, 3.05) is 25.0 Å². The van der Waals surface area contributed by atoms with E-state index >= 15 is 0 Å². The van der Waals surface area contributed by atoms with Crippen LogP contribution < -0.4 is 10.1 Å². The van der Waals surface area contributed by atoms with Crippen molar-refractivity contribution in [3.05, 3.63) is 77.2 Å². The zero-order chi connectivity index (χ0) is 27.7. The minimum Gasteiger partial charge on any atom is -0.457 e. The third-order valence-electron chi connectivity index (χ3n) is 7.27. The molecule has 8 nitrogen and oxygen atoms in total. The molecule has 4 aromatic rings. The quantitative estimate of drug-likeness (QED) is 0.107. The lowest BCUT2D eigenvalue weighted by atomic mass is 10.0. The molecular formula is C31H34ClN5O3. The number of hydrogen-bond donors (Lipinski definition) is 2. The fraction of sp³-hybridized carbons (Fsp3) is 0.355. The van der Waals surface area contributed by atoms with E-state index in [0.29, 0.717) is 50.9 Å². The second-order valence-corrected chi connectivity index (χ2v) is 10.6. The Morgan fingerprint density at radius 3 is 2.75 bits per heavy atom. The topological polar surface area (TPSA) is 100 Å². The van der Waals surface area contributed by atoms with Gasteiger partial charge in [0.1, 0.15) is 35.6 Å². The molecule has 0 amide bonds. The maximum atomic E-state index is 13.7. The minimum atomic E-state index is -0.208. The summed E-state index contributed by atoms with van der Waals surface area (Å²) in [5.41, 5.74) is 1.46. The molecule has 2 aromatic heterocycles. The first kappa shape index (κ1) is 27.8. The molecule has 208 valence electrons. The first-order chi connectivity index (χ1) is 19.6. The van der Waals surface area contributed by atoms with E-state index in [1.807, 2.05) is 30.3 Å². The number of fused-ring (bicyclic) bond motifs is 1. The van der Waals surface area contributed by atoms with Crippen molar-refractivity contribution >= 4 is 40.5 Å². The predicted molar refractivity (Wildman–Crippen MR) is 158 cm³/mol. The average Bonchev–Trinajstić information content (AvgIpc) is 3.41. The van der Waals surface area contributed by atoms with Crippen molar-refractivity contribution in [2.45, 2.75) is 51.0 Å². The summed E-state index contributed by atoms with van der Waals surface area (Å²) < 4.78 is 5.87. The lowest BCUT2D eigenvalue weighted by Gasteiger charge is -2.33. The number of aldehydes is 1. The number of anilines is 1. The van der Waals surface area contributed by atoms with Gasteiger partial charge in [0.25, 0.3) is 0 Å². The number of ketones is 1. The zero-order valence-electron chi connectivity index (χ0n) is 22.4. The number of aromatic nitrogens is 3. The number of halogens is 1. The van der Waals surface area contributed by atoms with E-state index in [1.165, 1.54) is 6.33 Å². The van der Waals surface area contributed by atoms with Gasteiger partial charge in [-0.05, 0) is 63.0 Å². The number of nitrogens with zero attached hydrogens (tertiary/aromatic N) is 3. The monoisotopic (exact) mass is 559 g/mol. The van der Waals surface area contributed by atoms with Crippen LogP contribution in [-0.2, 0) is 4.79 Å². The van der Waals surface area contributed by atoms with E-state index in [9.17, 15) is 9.59 Å². The molecule has 1 fully saturated rings. The molecule has 1 aliphatic heterocycles. The van der Waals surface area contributed by atoms with Gasteiger partial charge >= 0.3 is 0 Å². The third-order valence-corrected chi connectivity index (χ3v) is 7.58. The summed E-state index contributed by atoms with van der Waals surface area (Å²) in [5.74, 6) is 1.69. The number of carbonyl (C=O) groups excluding carboxylic acids is 2. The van der Waals surface area contributed by atoms with Gasteiger partial charge in [-0.15, -0.1) is 0 Å². The second-order valence-electron chi connectivity index (χ2n) is 10.2. The van der Waals surface area contributed by atoms with E-state index in [2.05, 4.69) is 25.2 Å². The number of benzene rings is 2. The molecule has 2 N–H and O–H groups in total. The van der Waals surface area contributed by atoms with Crippen LogP contribution in [0, 0.1) is 0 Å². The highest BCUT2D eigenvalue weighted by Crippen LogP contribution is 2.32. The lowest BCUT2D eigenvalue weighted by Crippen LogP contribution is -2.42. The number of H-pyrrole nitrogens is 1. The summed E-state index contributed by atoms with van der Waals surface area (Å²) in [6.07, 6.45) is 11.3. The highest BCUT2D eigenvalue weighted by atomic mass is 35.5. The number of likely N-dealkylation sites (tertiary alicyclic amines) is 1. The second kappa shape index (κ2) is 13.5. The molecule has 1 atom stereocenters. The maximum Gasteiger partial charge on any atom is 0.196 e. The Hall–Kier alpha value is -3.75. The first-order valence-electron chi connectivity index (χ1n) is 13.9. The van der Waals surface area contributed by atoms with Crippen molar-refractivity contribution in [1.82, 2.24) is 19.9 Å². The number of piperidine rings is 1. The van der Waals surface area contributed by atoms with Gasteiger partial charge in [0.2, 0.25) is 0 Å². The number of hydrogen-bond acceptors (Lipinski definition) is 7. The average molecular weight is 560 g/mol. The Kier molecular flexibility index (Phi) is 9.42. The van der Waals surface area contributed by atoms with Crippen LogP contribution in [0.5, 0.6) is 11.5 Å². The summed E-state index contributed by atoms with van der Waals surface area (Å²) in [4.78, 5) is 38.7. The molecule has 1 saturated heterocycles. The first-order valence-corrected chi connectivity index (χ1v) is 14.3. The number of ether oxygens (including phenoxy) is 1. The summed E-state index contributed by atoms with van der Waals surface area (Å²) in [7, 11) is 0. The van der Waals surface area contributed by atoms with Gasteiger partial charge in [-0.1, -0.05) is 42.6 Å². The Labute approximate surface area is 239 Å². The van der Waals surface area contributed by atoms with Crippen molar-refractivity contribution < 1.29 is 14.3 Å². The molecular weight excluding hydrogens is 526 g/mol. The summed E-state index contributed by atoms with van der Waals surface area (Å²) in [6, 6.07) is 14.7. The SMILES string of the molecule is O=CCCCCCCN1CCC[C@@H](Nc2ncnc3[nH]cc(C(=O)c4ccc(Oc5ccccc5)cc4Cl)c23)C1. The molecule has 0 unspecified atom stereocenters. The van der Waals surface area contributed by atoms with Crippen molar-refractivity contribution in [3.63, 3.8) is 0 Å². The number of para-hydroxylation sites is 1. The van der Waals surface area contributed by atoms with Gasteiger partial charge < -0.3 is 24.7 Å². The smallest absolute Gasteiger partial charge is 0.196 e. The van der Waals surface area contributed by atoms with Crippen LogP contribution >= 0.6 is 11.6 Å². The largest absolute Gasteiger partial charge is 0.457 e. The Balaban J connectivity index is 1.28. The summed E-state index contributed by atoms with van der Waals surface area (Å²) in [5, 5.41) is 4.58. The number of unbranched alkanes of at least 4 members (excludes halogenated alkanes) is 4. The number of rotatable bonds is 13. The van der Waals surface area contributed by atoms with E-state index < -0.39 is 0 Å². The van der Waals surface area contributed by atoms with Crippen molar-refractivity contribution in [3.8, 4) is 11.5 Å². The summed E-state index contributed by atoms with van der Waals surface area (Å²) in [6.45, 7) is 3.05. The van der Waals surface area contributed by atoms with E-state index in [1.54, 1.807) is 24.4 Å². The van der Waals surface area contributed by atoms with Crippen LogP contribution in [0.3, 0.4) is 0 Å². The van der Waals surface area contributed by atoms with Crippen LogP contribution in [0.25, 0.3) is 11.0 Å². The fourth-order valence-electron chi connectivity index (χ4n) is 5.25. The van der Waals surface area contributed by atoms with Crippen molar-refractivity contribution in [1.29, 1.82) is 0 Å². The highest BCUT2D eigenvalue weighted by molar-refractivity contribution is 6.35. The van der Waals surface area contributed by atoms with Gasteiger partial charge in [-0.3, -0.25) is 4.79 Å². The molecule has 9 heteroatoms. The predicted octanol–water partition coefficient (Wildman–Crippen LogP) is 6.66. The molecule has 0 aliphatic carbocycles. The number of nitrogens with one attached hydrogen (secondary N) is 2. The van der Waals surface area contributed by atoms with Gasteiger partial charge in [0.05, 0.1) is 16.0 Å². The van der Waals surface area contributed by atoms with Gasteiger partial charge in [0, 0.05) is 36.8 Å². The number of carbonyl (C=O) groups is 2. The maximum absolute atomic E-state index is 13.7. The van der Waals surface area contributed by atoms with Crippen LogP contribution in [0.15, 0.2) is 61.1 Å². The summed E-state index contributed by atoms with van der Waals surface area (Å²) >= 11 is 6.57. The molecule has 3 heterocycles. The Bertz CT molecular complexity index is 1440. The van der Waals surface area contributed by atoms with Gasteiger partial charge in [0.15, 0.2) is 5.78 Å². The van der Waals surface area contributed by atoms with Crippen LogP contribution in [0.2, 0.25) is 5.02 Å². The van der Waals surface area contributed by atoms with Gasteiger partial charge in [-0.25, -0.2) is 9.97 Å². The Morgan fingerprint density at radius 1 is 1.07 bits per heavy atom. The molecule has 0 spiro atoms. The lowest BCUT2D eigenvalue weighted by molar-refractivity contribution is -0.107. The normalized spacial score (nSPS) is 15.7. The highest BCUT2D eigenvalue weighted by Gasteiger charge is 2.24. The van der Waals surface area contributed by atoms with Gasteiger partial charge in [-0.2, -0.15) is 0 Å². The molecule has 0 bridgehead atoms. The van der Waals surface area contributed by atoms with Crippen LogP contribution in [0.4, 0.5) is 5.82 Å². The Morgan fingerprint density at radius 2 is 1.93 bits per heavy atom. The third kappa shape index (κ3) is 6.87. The van der Waals surface area contributed by atoms with E-state index in [4.69, 9.17) is 16.3 Å². The fourth-order valence-corrected chi connectivity index (χ4v) is 5.51. The van der Waals surface area contributed by atoms with Crippen LogP contribution in [0.1, 0.15) is 60.9 Å². The number of aromatic amines is 1. The molecule has 1 aliphatic rings. The van der Waals surface area contributed by atoms with E-state index in [-0.39, 0.29) is 11.8 Å². The molecule has 2 aromatic carbocycles. The molecule has 5 rings (SSSR count). The molecule has 0 radical (unpaired) electrons. The standard InChI is InChI=1S/C31H34ClN5O3/c32-27-18-24(40-23-11-5-4-6-12-23)13-14-25(27)29(39)26-19-33-30-28(26)31(35-21-34-30)36-22-10-9-16-37(20-22)15-7-2-1-3-8-17-38/h4-6,11-14,17-19,21-22H,1-3,7-10,15-16,20H2,(H2,33,34,35,36)/t22-/m1/s1. The van der Waals surface area contributed by atoms with E-state index in [0.717, 1.165) is 64.4 Å². The minimum absolute atomic E-state index is 0.208. The molecule has 40 heavy (non-hydrogen) atoms. The molecule has 0 saturated carbocycles. The zero-order valence-corrected chi connectivity index (χ0v) is 23.2.